The van der Waals surface area contributed by atoms with Gasteiger partial charge < -0.3 is 0 Å². The van der Waals surface area contributed by atoms with E-state index in [0.29, 0.717) is 0 Å². The Kier molecular flexibility index (Phi) is 5.46. The summed E-state index contributed by atoms with van der Waals surface area (Å²) in [7, 11) is 0. The number of allylic oxidation sites excluding steroid dienone is 1. The van der Waals surface area contributed by atoms with Gasteiger partial charge >= 0.3 is 0 Å². The van der Waals surface area contributed by atoms with Crippen LogP contribution in [-0.4, -0.2) is 0 Å². The van der Waals surface area contributed by atoms with Crippen LogP contribution < -0.4 is 0 Å². The van der Waals surface area contributed by atoms with Crippen LogP contribution in [0.15, 0.2) is 122 Å². The molecule has 1 heteroatoms. The van der Waals surface area contributed by atoms with E-state index in [1.165, 1.54) is 75.1 Å². The van der Waals surface area contributed by atoms with Crippen LogP contribution in [0.2, 0.25) is 0 Å². The summed E-state index contributed by atoms with van der Waals surface area (Å²) in [6, 6.07) is 40.1. The SMILES string of the molecule is C=Cc1sc2cc(-c3c4ccccc4c(-c4ccc5ccccc5c4)c4ccccc34)ccc2c1/C=C\C. The normalized spacial score (nSPS) is 11.8. The first kappa shape index (κ1) is 22.7. The summed E-state index contributed by atoms with van der Waals surface area (Å²) < 4.78 is 1.29. The van der Waals surface area contributed by atoms with Crippen LogP contribution in [0, 0.1) is 0 Å². The molecule has 0 unspecified atom stereocenters. The topological polar surface area (TPSA) is 0 Å². The van der Waals surface area contributed by atoms with Crippen LogP contribution in [0.25, 0.3) is 76.8 Å². The van der Waals surface area contributed by atoms with Gasteiger partial charge in [0.25, 0.3) is 0 Å². The van der Waals surface area contributed by atoms with E-state index in [1.54, 1.807) is 0 Å². The molecule has 0 nitrogen and oxygen atoms in total. The Hall–Kier alpha value is -4.46. The number of rotatable bonds is 4. The lowest BCUT2D eigenvalue weighted by molar-refractivity contribution is 1.68. The highest BCUT2D eigenvalue weighted by Gasteiger charge is 2.17. The van der Waals surface area contributed by atoms with E-state index in [0.717, 1.165) is 0 Å². The van der Waals surface area contributed by atoms with Crippen molar-refractivity contribution in [3.05, 3.63) is 132 Å². The third kappa shape index (κ3) is 3.51. The maximum Gasteiger partial charge on any atom is 0.0361 e. The Morgan fingerprint density at radius 2 is 1.13 bits per heavy atom. The predicted molar refractivity (Wildman–Crippen MR) is 170 cm³/mol. The van der Waals surface area contributed by atoms with E-state index in [1.807, 2.05) is 17.4 Å². The van der Waals surface area contributed by atoms with Gasteiger partial charge in [0.15, 0.2) is 0 Å². The molecule has 0 spiro atoms. The minimum atomic E-state index is 1.22. The largest absolute Gasteiger partial charge is 0.135 e. The molecule has 0 aliphatic rings. The maximum absolute atomic E-state index is 4.07. The number of hydrogen-bond donors (Lipinski definition) is 0. The standard InChI is InChI=1S/C37H26S/c1-3-11-28-29-21-20-27(23-35(29)38-34(28)4-2)37-32-16-9-7-14-30(32)36(31-15-8-10-17-33(31)37)26-19-18-24-12-5-6-13-25(24)22-26/h3-23H,2H2,1H3/b11-3-. The fourth-order valence-corrected chi connectivity index (χ4v) is 6.96. The summed E-state index contributed by atoms with van der Waals surface area (Å²) in [5.41, 5.74) is 6.35. The van der Waals surface area contributed by atoms with Gasteiger partial charge in [0.2, 0.25) is 0 Å². The number of thiophene rings is 1. The van der Waals surface area contributed by atoms with Gasteiger partial charge in [-0.15, -0.1) is 11.3 Å². The first-order valence-corrected chi connectivity index (χ1v) is 13.8. The third-order valence-electron chi connectivity index (χ3n) is 7.53. The predicted octanol–water partition coefficient (Wildman–Crippen LogP) is 11.4. The molecule has 0 fully saturated rings. The molecule has 38 heavy (non-hydrogen) atoms. The molecule has 0 aliphatic carbocycles. The van der Waals surface area contributed by atoms with Crippen LogP contribution in [0.4, 0.5) is 0 Å². The molecule has 0 bridgehead atoms. The highest BCUT2D eigenvalue weighted by atomic mass is 32.1. The van der Waals surface area contributed by atoms with Crippen molar-refractivity contribution in [1.29, 1.82) is 0 Å². The summed E-state index contributed by atoms with van der Waals surface area (Å²) >= 11 is 1.82. The quantitative estimate of drug-likeness (QED) is 0.210. The van der Waals surface area contributed by atoms with Gasteiger partial charge in [-0.2, -0.15) is 0 Å². The van der Waals surface area contributed by atoms with Gasteiger partial charge in [-0.05, 0) is 79.2 Å². The minimum absolute atomic E-state index is 1.22. The summed E-state index contributed by atoms with van der Waals surface area (Å²) in [5, 5.41) is 8.94. The highest BCUT2D eigenvalue weighted by molar-refractivity contribution is 7.20. The van der Waals surface area contributed by atoms with E-state index in [4.69, 9.17) is 0 Å². The molecule has 0 radical (unpaired) electrons. The van der Waals surface area contributed by atoms with E-state index in [2.05, 4.69) is 135 Å². The van der Waals surface area contributed by atoms with Crippen molar-refractivity contribution in [2.45, 2.75) is 6.92 Å². The molecule has 7 aromatic rings. The molecule has 0 aliphatic heterocycles. The molecule has 7 rings (SSSR count). The fraction of sp³-hybridized carbons (Fsp3) is 0.0270. The van der Waals surface area contributed by atoms with Gasteiger partial charge in [0.05, 0.1) is 0 Å². The molecule has 0 N–H and O–H groups in total. The number of benzene rings is 6. The third-order valence-corrected chi connectivity index (χ3v) is 8.70. The molecule has 1 aromatic heterocycles. The number of fused-ring (bicyclic) bond motifs is 4. The molecule has 1 heterocycles. The first-order valence-electron chi connectivity index (χ1n) is 13.0. The maximum atomic E-state index is 4.07. The molecular weight excluding hydrogens is 476 g/mol. The van der Waals surface area contributed by atoms with Crippen LogP contribution >= 0.6 is 11.3 Å². The van der Waals surface area contributed by atoms with Crippen molar-refractivity contribution in [3.63, 3.8) is 0 Å². The minimum Gasteiger partial charge on any atom is -0.135 e. The molecule has 0 saturated heterocycles. The van der Waals surface area contributed by atoms with E-state index < -0.39 is 0 Å². The molecule has 0 saturated carbocycles. The molecular formula is C37H26S. The van der Waals surface area contributed by atoms with Crippen LogP contribution in [0.1, 0.15) is 17.4 Å². The van der Waals surface area contributed by atoms with Crippen molar-refractivity contribution in [2.75, 3.05) is 0 Å². The monoisotopic (exact) mass is 502 g/mol. The lowest BCUT2D eigenvalue weighted by Crippen LogP contribution is -1.91. The van der Waals surface area contributed by atoms with Gasteiger partial charge in [0.1, 0.15) is 0 Å². The van der Waals surface area contributed by atoms with Crippen LogP contribution in [0.3, 0.4) is 0 Å². The van der Waals surface area contributed by atoms with Crippen molar-refractivity contribution in [2.24, 2.45) is 0 Å². The first-order chi connectivity index (χ1) is 18.8. The second kappa shape index (κ2) is 9.13. The summed E-state index contributed by atoms with van der Waals surface area (Å²) in [5.74, 6) is 0. The molecule has 0 atom stereocenters. The Labute approximate surface area is 226 Å². The van der Waals surface area contributed by atoms with E-state index in [9.17, 15) is 0 Å². The number of hydrogen-bond acceptors (Lipinski definition) is 1. The van der Waals surface area contributed by atoms with E-state index in [-0.39, 0.29) is 0 Å². The van der Waals surface area contributed by atoms with Gasteiger partial charge in [-0.3, -0.25) is 0 Å². The van der Waals surface area contributed by atoms with Crippen LogP contribution in [-0.2, 0) is 0 Å². The van der Waals surface area contributed by atoms with Crippen molar-refractivity contribution in [3.8, 4) is 22.3 Å². The van der Waals surface area contributed by atoms with Crippen LogP contribution in [0.5, 0.6) is 0 Å². The second-order valence-electron chi connectivity index (χ2n) is 9.70. The van der Waals surface area contributed by atoms with E-state index >= 15 is 0 Å². The lowest BCUT2D eigenvalue weighted by Gasteiger charge is -2.18. The van der Waals surface area contributed by atoms with Gasteiger partial charge in [-0.25, -0.2) is 0 Å². The Balaban J connectivity index is 1.56. The molecule has 0 amide bonds. The van der Waals surface area contributed by atoms with Gasteiger partial charge in [-0.1, -0.05) is 122 Å². The second-order valence-corrected chi connectivity index (χ2v) is 10.8. The van der Waals surface area contributed by atoms with Crippen molar-refractivity contribution >= 4 is 65.9 Å². The lowest BCUT2D eigenvalue weighted by atomic mass is 9.85. The molecule has 180 valence electrons. The van der Waals surface area contributed by atoms with Crippen molar-refractivity contribution in [1.82, 2.24) is 0 Å². The molecule has 6 aromatic carbocycles. The van der Waals surface area contributed by atoms with Gasteiger partial charge in [0, 0.05) is 15.0 Å². The zero-order valence-electron chi connectivity index (χ0n) is 21.2. The Morgan fingerprint density at radius 3 is 1.74 bits per heavy atom. The zero-order chi connectivity index (χ0) is 25.6. The highest BCUT2D eigenvalue weighted by Crippen LogP contribution is 2.45. The summed E-state index contributed by atoms with van der Waals surface area (Å²) in [6.07, 6.45) is 6.27. The summed E-state index contributed by atoms with van der Waals surface area (Å²) in [6.45, 7) is 6.14. The van der Waals surface area contributed by atoms with Crippen molar-refractivity contribution < 1.29 is 0 Å². The fourth-order valence-electron chi connectivity index (χ4n) is 5.88. The average Bonchev–Trinajstić information content (AvgIpc) is 3.32. The summed E-state index contributed by atoms with van der Waals surface area (Å²) in [4.78, 5) is 1.22. The Bertz CT molecular complexity index is 1990. The Morgan fingerprint density at radius 1 is 0.579 bits per heavy atom. The smallest absolute Gasteiger partial charge is 0.0361 e. The zero-order valence-corrected chi connectivity index (χ0v) is 22.1. The average molecular weight is 503 g/mol.